The van der Waals surface area contributed by atoms with Gasteiger partial charge in [-0.1, -0.05) is 23.7 Å². The Morgan fingerprint density at radius 1 is 1.26 bits per heavy atom. The lowest BCUT2D eigenvalue weighted by atomic mass is 10.1. The van der Waals surface area contributed by atoms with Crippen molar-refractivity contribution < 1.29 is 18.3 Å². The van der Waals surface area contributed by atoms with Crippen LogP contribution in [-0.2, 0) is 17.1 Å². The molecule has 0 fully saturated rings. The third-order valence-corrected chi connectivity index (χ3v) is 4.46. The molecule has 2 heterocycles. The van der Waals surface area contributed by atoms with Crippen molar-refractivity contribution in [3.8, 4) is 0 Å². The molecule has 0 radical (unpaired) electrons. The Bertz CT molecular complexity index is 992. The highest BCUT2D eigenvalue weighted by Gasteiger charge is 2.33. The summed E-state index contributed by atoms with van der Waals surface area (Å²) >= 11 is 5.91. The van der Waals surface area contributed by atoms with Gasteiger partial charge in [-0.25, -0.2) is 9.78 Å². The second kappa shape index (κ2) is 7.27. The van der Waals surface area contributed by atoms with Crippen molar-refractivity contribution in [1.29, 1.82) is 0 Å². The predicted octanol–water partition coefficient (Wildman–Crippen LogP) is 5.18. The number of esters is 1. The Kier molecular flexibility index (Phi) is 5.20. The van der Waals surface area contributed by atoms with Gasteiger partial charge in [0.15, 0.2) is 0 Å². The zero-order valence-corrected chi connectivity index (χ0v) is 16.0. The number of alkyl halides is 2. The third-order valence-electron chi connectivity index (χ3n) is 4.21. The molecule has 2 aromatic heterocycles. The molecule has 0 unspecified atom stereocenters. The number of aryl methyl sites for hydroxylation is 1. The van der Waals surface area contributed by atoms with Crippen molar-refractivity contribution in [3.05, 3.63) is 69.6 Å². The summed E-state index contributed by atoms with van der Waals surface area (Å²) in [6.45, 7) is 4.51. The number of rotatable bonds is 5. The SMILES string of the molecule is CCOC(=O)c1cc(C)n2c(Cc3ccc(Cl)cc3)c(C(C)(F)F)nc2c1. The van der Waals surface area contributed by atoms with E-state index in [0.29, 0.717) is 22.1 Å². The molecule has 142 valence electrons. The number of pyridine rings is 1. The Balaban J connectivity index is 2.17. The fraction of sp³-hybridized carbons (Fsp3) is 0.300. The maximum absolute atomic E-state index is 14.2. The molecule has 7 heteroatoms. The summed E-state index contributed by atoms with van der Waals surface area (Å²) in [5, 5.41) is 0.577. The Morgan fingerprint density at radius 3 is 2.52 bits per heavy atom. The van der Waals surface area contributed by atoms with Gasteiger partial charge in [-0.2, -0.15) is 8.78 Å². The van der Waals surface area contributed by atoms with Gasteiger partial charge in [0.2, 0.25) is 0 Å². The van der Waals surface area contributed by atoms with Gasteiger partial charge in [0.1, 0.15) is 11.3 Å². The number of carbonyl (C=O) groups excluding carboxylic acids is 1. The molecule has 0 atom stereocenters. The molecule has 3 rings (SSSR count). The maximum Gasteiger partial charge on any atom is 0.338 e. The molecule has 0 amide bonds. The minimum Gasteiger partial charge on any atom is -0.462 e. The summed E-state index contributed by atoms with van der Waals surface area (Å²) in [7, 11) is 0. The van der Waals surface area contributed by atoms with E-state index in [2.05, 4.69) is 4.98 Å². The van der Waals surface area contributed by atoms with Gasteiger partial charge < -0.3 is 9.14 Å². The standard InChI is InChI=1S/C20H19ClF2N2O2/c1-4-27-19(26)14-9-12(2)25-16(10-13-5-7-15(21)8-6-13)18(20(3,22)23)24-17(25)11-14/h5-9,11H,4,10H2,1-3H3. The zero-order chi connectivity index (χ0) is 19.8. The minimum absolute atomic E-state index is 0.234. The van der Waals surface area contributed by atoms with E-state index in [1.165, 1.54) is 6.07 Å². The lowest BCUT2D eigenvalue weighted by Crippen LogP contribution is -2.12. The van der Waals surface area contributed by atoms with E-state index in [4.69, 9.17) is 16.3 Å². The van der Waals surface area contributed by atoms with E-state index in [1.807, 2.05) is 0 Å². The lowest BCUT2D eigenvalue weighted by Gasteiger charge is -2.12. The van der Waals surface area contributed by atoms with Crippen LogP contribution in [0, 0.1) is 6.92 Å². The number of benzene rings is 1. The van der Waals surface area contributed by atoms with Crippen molar-refractivity contribution in [1.82, 2.24) is 9.38 Å². The number of imidazole rings is 1. The summed E-state index contributed by atoms with van der Waals surface area (Å²) < 4.78 is 35.1. The van der Waals surface area contributed by atoms with E-state index in [0.717, 1.165) is 12.5 Å². The number of ether oxygens (including phenoxy) is 1. The molecule has 0 aliphatic carbocycles. The highest BCUT2D eigenvalue weighted by atomic mass is 35.5. The summed E-state index contributed by atoms with van der Waals surface area (Å²) in [4.78, 5) is 16.2. The fourth-order valence-electron chi connectivity index (χ4n) is 3.08. The Hall–Kier alpha value is -2.47. The first-order valence-electron chi connectivity index (χ1n) is 8.52. The van der Waals surface area contributed by atoms with Gasteiger partial charge in [-0.05, 0) is 43.7 Å². The average Bonchev–Trinajstić information content (AvgIpc) is 2.96. The highest BCUT2D eigenvalue weighted by Crippen LogP contribution is 2.32. The highest BCUT2D eigenvalue weighted by molar-refractivity contribution is 6.30. The van der Waals surface area contributed by atoms with Crippen molar-refractivity contribution in [2.75, 3.05) is 6.61 Å². The summed E-state index contributed by atoms with van der Waals surface area (Å²) in [6, 6.07) is 10.1. The van der Waals surface area contributed by atoms with E-state index in [9.17, 15) is 13.6 Å². The molecule has 0 aliphatic rings. The van der Waals surface area contributed by atoms with Crippen molar-refractivity contribution in [2.45, 2.75) is 33.1 Å². The van der Waals surface area contributed by atoms with E-state index in [1.54, 1.807) is 48.6 Å². The summed E-state index contributed by atoms with van der Waals surface area (Å²) in [6.07, 6.45) is 0.261. The zero-order valence-electron chi connectivity index (χ0n) is 15.2. The summed E-state index contributed by atoms with van der Waals surface area (Å²) in [5.41, 5.74) is 2.12. The average molecular weight is 393 g/mol. The number of fused-ring (bicyclic) bond motifs is 1. The molecule has 3 aromatic rings. The van der Waals surface area contributed by atoms with Gasteiger partial charge in [0.05, 0.1) is 17.9 Å². The second-order valence-electron chi connectivity index (χ2n) is 6.40. The molecule has 0 N–H and O–H groups in total. The van der Waals surface area contributed by atoms with E-state index in [-0.39, 0.29) is 24.3 Å². The number of nitrogens with zero attached hydrogens (tertiary/aromatic N) is 2. The summed E-state index contributed by atoms with van der Waals surface area (Å²) in [5.74, 6) is -3.63. The monoisotopic (exact) mass is 392 g/mol. The predicted molar refractivity (Wildman–Crippen MR) is 99.7 cm³/mol. The molecule has 0 bridgehead atoms. The van der Waals surface area contributed by atoms with Gasteiger partial charge in [-0.3, -0.25) is 0 Å². The largest absolute Gasteiger partial charge is 0.462 e. The number of aromatic nitrogens is 2. The molecule has 4 nitrogen and oxygen atoms in total. The Morgan fingerprint density at radius 2 is 1.93 bits per heavy atom. The van der Waals surface area contributed by atoms with Gasteiger partial charge in [0, 0.05) is 24.1 Å². The number of halogens is 3. The van der Waals surface area contributed by atoms with Crippen LogP contribution in [0.3, 0.4) is 0 Å². The smallest absolute Gasteiger partial charge is 0.338 e. The van der Waals surface area contributed by atoms with Crippen LogP contribution in [0.15, 0.2) is 36.4 Å². The van der Waals surface area contributed by atoms with Crippen LogP contribution in [0.4, 0.5) is 8.78 Å². The topological polar surface area (TPSA) is 43.6 Å². The molecular weight excluding hydrogens is 374 g/mol. The van der Waals surface area contributed by atoms with E-state index >= 15 is 0 Å². The number of carbonyl (C=O) groups is 1. The van der Waals surface area contributed by atoms with Crippen LogP contribution < -0.4 is 0 Å². The first-order chi connectivity index (χ1) is 12.7. The maximum atomic E-state index is 14.2. The van der Waals surface area contributed by atoms with Crippen LogP contribution >= 0.6 is 11.6 Å². The van der Waals surface area contributed by atoms with Gasteiger partial charge >= 0.3 is 5.97 Å². The molecule has 27 heavy (non-hydrogen) atoms. The minimum atomic E-state index is -3.12. The Labute approximate surface area is 160 Å². The van der Waals surface area contributed by atoms with Crippen LogP contribution in [0.25, 0.3) is 5.65 Å². The second-order valence-corrected chi connectivity index (χ2v) is 6.83. The fourth-order valence-corrected chi connectivity index (χ4v) is 3.20. The lowest BCUT2D eigenvalue weighted by molar-refractivity contribution is 0.0124. The first kappa shape index (κ1) is 19.3. The van der Waals surface area contributed by atoms with Crippen LogP contribution in [0.2, 0.25) is 5.02 Å². The number of hydrogen-bond donors (Lipinski definition) is 0. The molecule has 1 aromatic carbocycles. The van der Waals surface area contributed by atoms with Gasteiger partial charge in [0.25, 0.3) is 5.92 Å². The van der Waals surface area contributed by atoms with Crippen molar-refractivity contribution >= 4 is 23.2 Å². The molecule has 0 spiro atoms. The van der Waals surface area contributed by atoms with Crippen LogP contribution in [0.5, 0.6) is 0 Å². The van der Waals surface area contributed by atoms with Crippen LogP contribution in [-0.4, -0.2) is 22.0 Å². The molecule has 0 saturated heterocycles. The molecular formula is C20H19ClF2N2O2. The third kappa shape index (κ3) is 3.95. The van der Waals surface area contributed by atoms with Crippen molar-refractivity contribution in [3.63, 3.8) is 0 Å². The van der Waals surface area contributed by atoms with Crippen LogP contribution in [0.1, 0.15) is 46.9 Å². The van der Waals surface area contributed by atoms with E-state index < -0.39 is 11.9 Å². The number of hydrogen-bond acceptors (Lipinski definition) is 3. The normalized spacial score (nSPS) is 11.8. The quantitative estimate of drug-likeness (QED) is 0.562. The van der Waals surface area contributed by atoms with Gasteiger partial charge in [-0.15, -0.1) is 0 Å². The molecule has 0 aliphatic heterocycles. The molecule has 0 saturated carbocycles. The first-order valence-corrected chi connectivity index (χ1v) is 8.90. The van der Waals surface area contributed by atoms with Crippen molar-refractivity contribution in [2.24, 2.45) is 0 Å².